The Labute approximate surface area is 179 Å². The number of carbonyl (C=O) groups is 2. The van der Waals surface area contributed by atoms with Crippen LogP contribution >= 0.6 is 0 Å². The molecule has 0 N–H and O–H groups in total. The Kier molecular flexibility index (Phi) is 7.39. The van der Waals surface area contributed by atoms with Crippen molar-refractivity contribution < 1.29 is 9.59 Å². The lowest BCUT2D eigenvalue weighted by atomic mass is 9.92. The third-order valence-electron chi connectivity index (χ3n) is 5.97. The van der Waals surface area contributed by atoms with Crippen LogP contribution in [0, 0.1) is 5.92 Å². The number of rotatable bonds is 8. The van der Waals surface area contributed by atoms with Gasteiger partial charge in [-0.1, -0.05) is 44.2 Å². The van der Waals surface area contributed by atoms with E-state index in [0.29, 0.717) is 26.1 Å². The molecule has 2 amide bonds. The molecule has 1 atom stereocenters. The summed E-state index contributed by atoms with van der Waals surface area (Å²) in [5.41, 5.74) is 3.19. The molecule has 1 aromatic heterocycles. The molecule has 5 heteroatoms. The Bertz CT molecular complexity index is 877. The SMILES string of the molecule is C=CCN1CCN(C(=O)C(CC)CC)[C@@H](Cc2ccccc2-c2ccncc2)C1=O. The van der Waals surface area contributed by atoms with Gasteiger partial charge < -0.3 is 9.80 Å². The number of nitrogens with zero attached hydrogens (tertiary/aromatic N) is 3. The lowest BCUT2D eigenvalue weighted by Gasteiger charge is -2.42. The highest BCUT2D eigenvalue weighted by atomic mass is 16.2. The Morgan fingerprint density at radius 2 is 1.87 bits per heavy atom. The van der Waals surface area contributed by atoms with Gasteiger partial charge in [0.15, 0.2) is 0 Å². The van der Waals surface area contributed by atoms with E-state index < -0.39 is 6.04 Å². The van der Waals surface area contributed by atoms with Crippen LogP contribution in [0.3, 0.4) is 0 Å². The quantitative estimate of drug-likeness (QED) is 0.625. The van der Waals surface area contributed by atoms with E-state index in [-0.39, 0.29) is 17.7 Å². The first-order chi connectivity index (χ1) is 14.6. The molecular formula is C25H31N3O2. The van der Waals surface area contributed by atoms with Crippen LogP contribution in [0.15, 0.2) is 61.4 Å². The summed E-state index contributed by atoms with van der Waals surface area (Å²) in [5, 5.41) is 0. The minimum absolute atomic E-state index is 0.00462. The van der Waals surface area contributed by atoms with Crippen molar-refractivity contribution in [2.24, 2.45) is 5.92 Å². The number of hydrogen-bond donors (Lipinski definition) is 0. The van der Waals surface area contributed by atoms with E-state index in [1.807, 2.05) is 47.9 Å². The normalized spacial score (nSPS) is 16.8. The highest BCUT2D eigenvalue weighted by Crippen LogP contribution is 2.27. The van der Waals surface area contributed by atoms with Gasteiger partial charge in [0.05, 0.1) is 0 Å². The van der Waals surface area contributed by atoms with Crippen molar-refractivity contribution in [3.63, 3.8) is 0 Å². The maximum absolute atomic E-state index is 13.4. The third-order valence-corrected chi connectivity index (χ3v) is 5.97. The summed E-state index contributed by atoms with van der Waals surface area (Å²) in [6.07, 6.45) is 7.36. The van der Waals surface area contributed by atoms with Crippen LogP contribution in [-0.2, 0) is 16.0 Å². The zero-order chi connectivity index (χ0) is 21.5. The Morgan fingerprint density at radius 3 is 2.53 bits per heavy atom. The van der Waals surface area contributed by atoms with Crippen LogP contribution in [0.4, 0.5) is 0 Å². The molecule has 1 aliphatic rings. The van der Waals surface area contributed by atoms with E-state index in [1.165, 1.54) is 0 Å². The first kappa shape index (κ1) is 21.8. The molecule has 158 valence electrons. The van der Waals surface area contributed by atoms with E-state index in [4.69, 9.17) is 0 Å². The smallest absolute Gasteiger partial charge is 0.246 e. The molecule has 0 aliphatic carbocycles. The highest BCUT2D eigenvalue weighted by Gasteiger charge is 2.38. The van der Waals surface area contributed by atoms with Crippen molar-refractivity contribution in [2.75, 3.05) is 19.6 Å². The Morgan fingerprint density at radius 1 is 1.17 bits per heavy atom. The van der Waals surface area contributed by atoms with Gasteiger partial charge in [0.25, 0.3) is 0 Å². The van der Waals surface area contributed by atoms with Crippen molar-refractivity contribution in [1.29, 1.82) is 0 Å². The van der Waals surface area contributed by atoms with Crippen molar-refractivity contribution in [3.05, 3.63) is 67.0 Å². The summed E-state index contributed by atoms with van der Waals surface area (Å²) in [4.78, 5) is 34.3. The summed E-state index contributed by atoms with van der Waals surface area (Å²) in [6.45, 7) is 9.48. The van der Waals surface area contributed by atoms with Gasteiger partial charge in [-0.05, 0) is 41.7 Å². The number of benzene rings is 1. The number of pyridine rings is 1. The first-order valence-corrected chi connectivity index (χ1v) is 10.8. The van der Waals surface area contributed by atoms with Crippen LogP contribution in [-0.4, -0.2) is 52.3 Å². The minimum atomic E-state index is -0.491. The van der Waals surface area contributed by atoms with Gasteiger partial charge in [-0.2, -0.15) is 0 Å². The lowest BCUT2D eigenvalue weighted by molar-refractivity contribution is -0.153. The third kappa shape index (κ3) is 4.61. The second-order valence-electron chi connectivity index (χ2n) is 7.73. The van der Waals surface area contributed by atoms with Crippen LogP contribution in [0.25, 0.3) is 11.1 Å². The molecule has 0 radical (unpaired) electrons. The summed E-state index contributed by atoms with van der Waals surface area (Å²) in [6, 6.07) is 11.6. The number of hydrogen-bond acceptors (Lipinski definition) is 3. The zero-order valence-electron chi connectivity index (χ0n) is 18.0. The van der Waals surface area contributed by atoms with Gasteiger partial charge >= 0.3 is 0 Å². The van der Waals surface area contributed by atoms with E-state index in [1.54, 1.807) is 18.5 Å². The standard InChI is InChI=1S/C25H31N3O2/c1-4-15-27-16-17-28(24(29)19(5-2)6-3)23(25(27)30)18-21-9-7-8-10-22(21)20-11-13-26-14-12-20/h4,7-14,19,23H,1,5-6,15-18H2,2-3H3/t23-/m0/s1. The number of aromatic nitrogens is 1. The largest absolute Gasteiger partial charge is 0.335 e. The zero-order valence-corrected chi connectivity index (χ0v) is 18.0. The fraction of sp³-hybridized carbons (Fsp3) is 0.400. The predicted molar refractivity (Wildman–Crippen MR) is 120 cm³/mol. The molecule has 2 heterocycles. The average molecular weight is 406 g/mol. The summed E-state index contributed by atoms with van der Waals surface area (Å²) in [7, 11) is 0. The number of carbonyl (C=O) groups excluding carboxylic acids is 2. The predicted octanol–water partition coefficient (Wildman–Crippen LogP) is 3.95. The number of piperazine rings is 1. The highest BCUT2D eigenvalue weighted by molar-refractivity contribution is 5.90. The van der Waals surface area contributed by atoms with Gasteiger partial charge in [0.1, 0.15) is 6.04 Å². The fourth-order valence-electron chi connectivity index (χ4n) is 4.23. The molecule has 0 unspecified atom stereocenters. The second-order valence-corrected chi connectivity index (χ2v) is 7.73. The molecule has 2 aromatic rings. The van der Waals surface area contributed by atoms with Gasteiger partial charge in [-0.3, -0.25) is 14.6 Å². The molecule has 1 fully saturated rings. The first-order valence-electron chi connectivity index (χ1n) is 10.8. The average Bonchev–Trinajstić information content (AvgIpc) is 2.78. The molecule has 1 saturated heterocycles. The summed E-state index contributed by atoms with van der Waals surface area (Å²) < 4.78 is 0. The van der Waals surface area contributed by atoms with E-state index in [2.05, 4.69) is 23.7 Å². The van der Waals surface area contributed by atoms with Crippen molar-refractivity contribution in [2.45, 2.75) is 39.2 Å². The molecule has 1 aliphatic heterocycles. The second kappa shape index (κ2) is 10.2. The molecule has 3 rings (SSSR count). The van der Waals surface area contributed by atoms with Crippen molar-refractivity contribution in [1.82, 2.24) is 14.8 Å². The van der Waals surface area contributed by atoms with Gasteiger partial charge in [-0.15, -0.1) is 6.58 Å². The van der Waals surface area contributed by atoms with Crippen molar-refractivity contribution >= 4 is 11.8 Å². The molecule has 30 heavy (non-hydrogen) atoms. The summed E-state index contributed by atoms with van der Waals surface area (Å²) >= 11 is 0. The van der Waals surface area contributed by atoms with Crippen LogP contribution in [0.2, 0.25) is 0 Å². The van der Waals surface area contributed by atoms with Gasteiger partial charge in [0, 0.05) is 44.4 Å². The Hall–Kier alpha value is -2.95. The molecule has 0 saturated carbocycles. The lowest BCUT2D eigenvalue weighted by Crippen LogP contribution is -2.60. The van der Waals surface area contributed by atoms with Crippen molar-refractivity contribution in [3.8, 4) is 11.1 Å². The van der Waals surface area contributed by atoms with Crippen LogP contribution in [0.5, 0.6) is 0 Å². The van der Waals surface area contributed by atoms with Gasteiger partial charge in [0.2, 0.25) is 11.8 Å². The fourth-order valence-corrected chi connectivity index (χ4v) is 4.23. The maximum Gasteiger partial charge on any atom is 0.246 e. The van der Waals surface area contributed by atoms with E-state index in [9.17, 15) is 9.59 Å². The van der Waals surface area contributed by atoms with E-state index >= 15 is 0 Å². The van der Waals surface area contributed by atoms with Crippen LogP contribution < -0.4 is 0 Å². The maximum atomic E-state index is 13.4. The van der Waals surface area contributed by atoms with Crippen LogP contribution in [0.1, 0.15) is 32.3 Å². The monoisotopic (exact) mass is 405 g/mol. The molecule has 5 nitrogen and oxygen atoms in total. The molecular weight excluding hydrogens is 374 g/mol. The van der Waals surface area contributed by atoms with Gasteiger partial charge in [-0.25, -0.2) is 0 Å². The molecule has 0 spiro atoms. The van der Waals surface area contributed by atoms with E-state index in [0.717, 1.165) is 29.5 Å². The topological polar surface area (TPSA) is 53.5 Å². The summed E-state index contributed by atoms with van der Waals surface area (Å²) in [5.74, 6) is 0.0599. The molecule has 1 aromatic carbocycles. The molecule has 0 bridgehead atoms. The Balaban J connectivity index is 1.95. The number of amides is 2. The minimum Gasteiger partial charge on any atom is -0.335 e.